The number of nitrogens with zero attached hydrogens (tertiary/aromatic N) is 1. The molecule has 2 rings (SSSR count). The van der Waals surface area contributed by atoms with Crippen LogP contribution in [0.3, 0.4) is 0 Å². The topological polar surface area (TPSA) is 24.5 Å². The first kappa shape index (κ1) is 16.3. The molecule has 3 nitrogen and oxygen atoms in total. The van der Waals surface area contributed by atoms with Crippen LogP contribution in [0.25, 0.3) is 0 Å². The number of likely N-dealkylation sites (N-methyl/N-ethyl adjacent to an activating group) is 1. The number of hydrogen-bond donors (Lipinski definition) is 1. The van der Waals surface area contributed by atoms with Crippen molar-refractivity contribution in [3.05, 3.63) is 0 Å². The summed E-state index contributed by atoms with van der Waals surface area (Å²) in [6.45, 7) is 8.76. The SMILES string of the molecule is CCNC1CCCCCCC1N1CCCC(OCC)C1. The third-order valence-electron chi connectivity index (χ3n) is 4.98. The van der Waals surface area contributed by atoms with Crippen LogP contribution < -0.4 is 5.32 Å². The first-order chi connectivity index (χ1) is 9.85. The average molecular weight is 282 g/mol. The molecule has 1 heterocycles. The second kappa shape index (κ2) is 9.01. The molecule has 0 aromatic rings. The van der Waals surface area contributed by atoms with Gasteiger partial charge in [0.05, 0.1) is 6.10 Å². The van der Waals surface area contributed by atoms with E-state index in [1.165, 1.54) is 57.9 Å². The van der Waals surface area contributed by atoms with Gasteiger partial charge in [-0.2, -0.15) is 0 Å². The maximum absolute atomic E-state index is 5.89. The summed E-state index contributed by atoms with van der Waals surface area (Å²) in [4.78, 5) is 2.74. The Kier molecular flexibility index (Phi) is 7.32. The summed E-state index contributed by atoms with van der Waals surface area (Å²) in [5.41, 5.74) is 0. The van der Waals surface area contributed by atoms with Crippen LogP contribution in [0.4, 0.5) is 0 Å². The summed E-state index contributed by atoms with van der Waals surface area (Å²) < 4.78 is 5.89. The number of ether oxygens (including phenoxy) is 1. The van der Waals surface area contributed by atoms with Crippen molar-refractivity contribution in [1.82, 2.24) is 10.2 Å². The van der Waals surface area contributed by atoms with Crippen molar-refractivity contribution in [2.45, 2.75) is 83.4 Å². The van der Waals surface area contributed by atoms with Crippen molar-refractivity contribution < 1.29 is 4.74 Å². The standard InChI is InChI=1S/C17H34N2O/c1-3-18-16-11-7-5-6-8-12-17(16)19-13-9-10-15(14-19)20-4-2/h15-18H,3-14H2,1-2H3. The third kappa shape index (κ3) is 4.71. The number of nitrogens with one attached hydrogen (secondary N) is 1. The maximum atomic E-state index is 5.89. The van der Waals surface area contributed by atoms with Crippen LogP contribution in [-0.4, -0.2) is 49.3 Å². The lowest BCUT2D eigenvalue weighted by Crippen LogP contribution is -2.54. The van der Waals surface area contributed by atoms with Crippen molar-refractivity contribution in [2.24, 2.45) is 0 Å². The fourth-order valence-corrected chi connectivity index (χ4v) is 4.04. The Morgan fingerprint density at radius 1 is 1.00 bits per heavy atom. The monoisotopic (exact) mass is 282 g/mol. The van der Waals surface area contributed by atoms with E-state index in [0.29, 0.717) is 12.1 Å². The molecule has 20 heavy (non-hydrogen) atoms. The molecule has 118 valence electrons. The van der Waals surface area contributed by atoms with E-state index in [1.807, 2.05) is 0 Å². The minimum Gasteiger partial charge on any atom is -0.377 e. The molecule has 1 aliphatic heterocycles. The third-order valence-corrected chi connectivity index (χ3v) is 4.98. The highest BCUT2D eigenvalue weighted by Gasteiger charge is 2.31. The molecule has 0 spiro atoms. The predicted octanol–water partition coefficient (Wildman–Crippen LogP) is 3.19. The number of likely N-dealkylation sites (tertiary alicyclic amines) is 1. The smallest absolute Gasteiger partial charge is 0.0702 e. The molecule has 0 amide bonds. The van der Waals surface area contributed by atoms with Gasteiger partial charge in [-0.25, -0.2) is 0 Å². The minimum atomic E-state index is 0.474. The lowest BCUT2D eigenvalue weighted by Gasteiger charge is -2.42. The van der Waals surface area contributed by atoms with Gasteiger partial charge in [0.25, 0.3) is 0 Å². The summed E-state index contributed by atoms with van der Waals surface area (Å²) in [5.74, 6) is 0. The largest absolute Gasteiger partial charge is 0.377 e. The van der Waals surface area contributed by atoms with Gasteiger partial charge >= 0.3 is 0 Å². The molecular weight excluding hydrogens is 248 g/mol. The minimum absolute atomic E-state index is 0.474. The second-order valence-electron chi connectivity index (χ2n) is 6.44. The van der Waals surface area contributed by atoms with E-state index in [0.717, 1.165) is 25.7 Å². The molecule has 1 saturated heterocycles. The fourth-order valence-electron chi connectivity index (χ4n) is 4.04. The average Bonchev–Trinajstić information content (AvgIpc) is 2.43. The van der Waals surface area contributed by atoms with E-state index in [9.17, 15) is 0 Å². The van der Waals surface area contributed by atoms with E-state index < -0.39 is 0 Å². The van der Waals surface area contributed by atoms with Gasteiger partial charge < -0.3 is 10.1 Å². The van der Waals surface area contributed by atoms with Crippen LogP contribution in [0, 0.1) is 0 Å². The van der Waals surface area contributed by atoms with Crippen molar-refractivity contribution in [2.75, 3.05) is 26.2 Å². The van der Waals surface area contributed by atoms with E-state index in [4.69, 9.17) is 4.74 Å². The van der Waals surface area contributed by atoms with Crippen molar-refractivity contribution in [1.29, 1.82) is 0 Å². The lowest BCUT2D eigenvalue weighted by molar-refractivity contribution is -0.0158. The normalized spacial score (nSPS) is 33.6. The Labute approximate surface area is 125 Å². The van der Waals surface area contributed by atoms with Gasteiger partial charge in [-0.05, 0) is 45.7 Å². The summed E-state index contributed by atoms with van der Waals surface area (Å²) >= 11 is 0. The second-order valence-corrected chi connectivity index (χ2v) is 6.44. The zero-order valence-electron chi connectivity index (χ0n) is 13.6. The summed E-state index contributed by atoms with van der Waals surface area (Å²) in [6.07, 6.45) is 11.4. The molecule has 1 saturated carbocycles. The molecule has 3 atom stereocenters. The van der Waals surface area contributed by atoms with Crippen molar-refractivity contribution in [3.8, 4) is 0 Å². The van der Waals surface area contributed by atoms with Gasteiger partial charge in [-0.15, -0.1) is 0 Å². The fraction of sp³-hybridized carbons (Fsp3) is 1.00. The zero-order chi connectivity index (χ0) is 14.2. The molecule has 2 fully saturated rings. The number of hydrogen-bond acceptors (Lipinski definition) is 3. The molecule has 0 radical (unpaired) electrons. The molecule has 0 aromatic heterocycles. The molecule has 1 N–H and O–H groups in total. The van der Waals surface area contributed by atoms with Crippen LogP contribution >= 0.6 is 0 Å². The molecule has 0 bridgehead atoms. The maximum Gasteiger partial charge on any atom is 0.0702 e. The lowest BCUT2D eigenvalue weighted by atomic mass is 9.89. The van der Waals surface area contributed by atoms with Gasteiger partial charge in [0.1, 0.15) is 0 Å². The van der Waals surface area contributed by atoms with Crippen LogP contribution in [0.1, 0.15) is 65.2 Å². The van der Waals surface area contributed by atoms with Crippen molar-refractivity contribution >= 4 is 0 Å². The van der Waals surface area contributed by atoms with Gasteiger partial charge in [-0.1, -0.05) is 32.6 Å². The summed E-state index contributed by atoms with van der Waals surface area (Å²) in [5, 5.41) is 3.76. The highest BCUT2D eigenvalue weighted by Crippen LogP contribution is 2.25. The van der Waals surface area contributed by atoms with Crippen LogP contribution in [-0.2, 0) is 4.74 Å². The van der Waals surface area contributed by atoms with Crippen LogP contribution in [0.2, 0.25) is 0 Å². The van der Waals surface area contributed by atoms with E-state index in [-0.39, 0.29) is 0 Å². The van der Waals surface area contributed by atoms with Gasteiger partial charge in [0.2, 0.25) is 0 Å². The summed E-state index contributed by atoms with van der Waals surface area (Å²) in [7, 11) is 0. The van der Waals surface area contributed by atoms with E-state index in [1.54, 1.807) is 0 Å². The van der Waals surface area contributed by atoms with Crippen LogP contribution in [0.5, 0.6) is 0 Å². The van der Waals surface area contributed by atoms with Gasteiger partial charge in [-0.3, -0.25) is 4.90 Å². The highest BCUT2D eigenvalue weighted by molar-refractivity contribution is 4.89. The molecule has 3 unspecified atom stereocenters. The number of rotatable bonds is 5. The van der Waals surface area contributed by atoms with Gasteiger partial charge in [0.15, 0.2) is 0 Å². The molecule has 2 aliphatic rings. The highest BCUT2D eigenvalue weighted by atomic mass is 16.5. The predicted molar refractivity (Wildman–Crippen MR) is 85.2 cm³/mol. The van der Waals surface area contributed by atoms with E-state index in [2.05, 4.69) is 24.1 Å². The number of piperidine rings is 1. The van der Waals surface area contributed by atoms with E-state index >= 15 is 0 Å². The zero-order valence-corrected chi connectivity index (χ0v) is 13.6. The first-order valence-electron chi connectivity index (χ1n) is 8.94. The quantitative estimate of drug-likeness (QED) is 0.838. The van der Waals surface area contributed by atoms with Crippen LogP contribution in [0.15, 0.2) is 0 Å². The Balaban J connectivity index is 1.96. The Morgan fingerprint density at radius 2 is 1.80 bits per heavy atom. The first-order valence-corrected chi connectivity index (χ1v) is 8.94. The Morgan fingerprint density at radius 3 is 2.55 bits per heavy atom. The molecule has 1 aliphatic carbocycles. The van der Waals surface area contributed by atoms with Gasteiger partial charge in [0, 0.05) is 25.2 Å². The Hall–Kier alpha value is -0.120. The molecule has 0 aromatic carbocycles. The summed E-state index contributed by atoms with van der Waals surface area (Å²) in [6, 6.07) is 1.43. The molecule has 3 heteroatoms. The Bertz CT molecular complexity index is 257. The van der Waals surface area contributed by atoms with Crippen molar-refractivity contribution in [3.63, 3.8) is 0 Å². The molecular formula is C17H34N2O.